The Hall–Kier alpha value is -3.06. The van der Waals surface area contributed by atoms with E-state index in [9.17, 15) is 14.4 Å². The van der Waals surface area contributed by atoms with Gasteiger partial charge in [0.05, 0.1) is 13.0 Å². The molecule has 0 radical (unpaired) electrons. The molecule has 0 bridgehead atoms. The van der Waals surface area contributed by atoms with E-state index in [0.717, 1.165) is 30.4 Å². The van der Waals surface area contributed by atoms with Crippen LogP contribution < -0.4 is 0 Å². The molecule has 0 saturated heterocycles. The van der Waals surface area contributed by atoms with E-state index in [-0.39, 0.29) is 25.5 Å². The molecule has 0 fully saturated rings. The molecule has 0 unspecified atom stereocenters. The van der Waals surface area contributed by atoms with Gasteiger partial charge in [-0.25, -0.2) is 4.79 Å². The fraction of sp³-hybridized carbons (Fsp3) is 0.559. The Balaban J connectivity index is 2.09. The average Bonchev–Trinajstić information content (AvgIpc) is 3.17. The lowest BCUT2D eigenvalue weighted by atomic mass is 9.70. The molecular formula is C34H46ClNO6. The van der Waals surface area contributed by atoms with E-state index in [1.165, 1.54) is 4.90 Å². The molecule has 1 aliphatic carbocycles. The van der Waals surface area contributed by atoms with Gasteiger partial charge in [0.15, 0.2) is 0 Å². The first-order valence-electron chi connectivity index (χ1n) is 14.7. The largest absolute Gasteiger partial charge is 0.460 e. The second kappa shape index (κ2) is 13.5. The normalized spacial score (nSPS) is 18.3. The van der Waals surface area contributed by atoms with Crippen LogP contribution in [0.3, 0.4) is 0 Å². The van der Waals surface area contributed by atoms with Crippen LogP contribution in [0.25, 0.3) is 0 Å². The topological polar surface area (TPSA) is 82.1 Å². The molecule has 0 heterocycles. The fourth-order valence-electron chi connectivity index (χ4n) is 5.53. The molecule has 0 saturated carbocycles. The van der Waals surface area contributed by atoms with Crippen LogP contribution in [0.4, 0.5) is 4.79 Å². The molecular weight excluding hydrogens is 554 g/mol. The minimum absolute atomic E-state index is 0.0907. The monoisotopic (exact) mass is 599 g/mol. The Bertz CT molecular complexity index is 1260. The van der Waals surface area contributed by atoms with Gasteiger partial charge in [-0.15, -0.1) is 0 Å². The summed E-state index contributed by atoms with van der Waals surface area (Å²) in [7, 11) is 1.64. The lowest BCUT2D eigenvalue weighted by Crippen LogP contribution is -2.45. The molecule has 8 heteroatoms. The van der Waals surface area contributed by atoms with Crippen molar-refractivity contribution in [3.63, 3.8) is 0 Å². The van der Waals surface area contributed by atoms with Crippen molar-refractivity contribution in [2.45, 2.75) is 110 Å². The van der Waals surface area contributed by atoms with E-state index in [1.54, 1.807) is 7.05 Å². The minimum Gasteiger partial charge on any atom is -0.460 e. The third-order valence-corrected chi connectivity index (χ3v) is 7.71. The van der Waals surface area contributed by atoms with Gasteiger partial charge in [-0.3, -0.25) is 9.59 Å². The number of fused-ring (bicyclic) bond motifs is 1. The Morgan fingerprint density at radius 1 is 1.00 bits per heavy atom. The van der Waals surface area contributed by atoms with Crippen LogP contribution in [0.15, 0.2) is 42.5 Å². The van der Waals surface area contributed by atoms with Gasteiger partial charge in [-0.2, -0.15) is 0 Å². The molecule has 0 aliphatic heterocycles. The van der Waals surface area contributed by atoms with Crippen LogP contribution in [0.5, 0.6) is 0 Å². The first kappa shape index (κ1) is 33.4. The Morgan fingerprint density at radius 2 is 1.64 bits per heavy atom. The summed E-state index contributed by atoms with van der Waals surface area (Å²) in [5.41, 5.74) is 0.514. The second-order valence-corrected chi connectivity index (χ2v) is 13.7. The van der Waals surface area contributed by atoms with Crippen LogP contribution in [-0.4, -0.2) is 41.2 Å². The molecule has 0 spiro atoms. The number of hydrogen-bond acceptors (Lipinski definition) is 6. The number of carbonyl (C=O) groups excluding carboxylic acids is 3. The van der Waals surface area contributed by atoms with E-state index in [4.69, 9.17) is 25.8 Å². The van der Waals surface area contributed by atoms with Gasteiger partial charge in [-0.05, 0) is 88.6 Å². The SMILES string of the molecule is CCCC[C@H]1Cc2cc(Cl)c(CN(C)C(=O)OC(C)(C)C)cc2[C@@]1(CC(=O)OC(C)(C)C)C(=O)OCc1ccccc1. The lowest BCUT2D eigenvalue weighted by Gasteiger charge is -2.35. The first-order valence-corrected chi connectivity index (χ1v) is 15.1. The van der Waals surface area contributed by atoms with Gasteiger partial charge in [0.25, 0.3) is 0 Å². The molecule has 7 nitrogen and oxygen atoms in total. The van der Waals surface area contributed by atoms with Crippen LogP contribution in [-0.2, 0) is 48.8 Å². The van der Waals surface area contributed by atoms with Gasteiger partial charge in [0.1, 0.15) is 23.2 Å². The number of ether oxygens (including phenoxy) is 3. The minimum atomic E-state index is -1.26. The second-order valence-electron chi connectivity index (χ2n) is 13.3. The highest BCUT2D eigenvalue weighted by Crippen LogP contribution is 2.51. The zero-order valence-electron chi connectivity index (χ0n) is 26.3. The number of halogens is 1. The zero-order valence-corrected chi connectivity index (χ0v) is 27.1. The Kier molecular flexibility index (Phi) is 10.7. The zero-order chi connectivity index (χ0) is 31.3. The number of hydrogen-bond donors (Lipinski definition) is 0. The predicted molar refractivity (Wildman–Crippen MR) is 164 cm³/mol. The smallest absolute Gasteiger partial charge is 0.410 e. The van der Waals surface area contributed by atoms with Crippen molar-refractivity contribution < 1.29 is 28.6 Å². The Labute approximate surface area is 255 Å². The summed E-state index contributed by atoms with van der Waals surface area (Å²) in [6, 6.07) is 13.2. The summed E-state index contributed by atoms with van der Waals surface area (Å²) in [5, 5.41) is 0.490. The highest BCUT2D eigenvalue weighted by molar-refractivity contribution is 6.31. The van der Waals surface area contributed by atoms with Crippen LogP contribution >= 0.6 is 11.6 Å². The predicted octanol–water partition coefficient (Wildman–Crippen LogP) is 7.78. The molecule has 2 aromatic rings. The molecule has 0 N–H and O–H groups in total. The molecule has 42 heavy (non-hydrogen) atoms. The van der Waals surface area contributed by atoms with Gasteiger partial charge in [0, 0.05) is 12.1 Å². The van der Waals surface area contributed by atoms with Crippen LogP contribution in [0.2, 0.25) is 5.02 Å². The van der Waals surface area contributed by atoms with Crippen LogP contribution in [0, 0.1) is 5.92 Å². The summed E-state index contributed by atoms with van der Waals surface area (Å²) >= 11 is 6.76. The molecule has 230 valence electrons. The lowest BCUT2D eigenvalue weighted by molar-refractivity contribution is -0.166. The van der Waals surface area contributed by atoms with Gasteiger partial charge in [0.2, 0.25) is 0 Å². The third kappa shape index (κ3) is 8.50. The van der Waals surface area contributed by atoms with Crippen LogP contribution in [0.1, 0.15) is 96.4 Å². The molecule has 0 aromatic heterocycles. The number of unbranched alkanes of at least 4 members (excludes halogenated alkanes) is 1. The van der Waals surface area contributed by atoms with Gasteiger partial charge < -0.3 is 19.1 Å². The highest BCUT2D eigenvalue weighted by atomic mass is 35.5. The summed E-state index contributed by atoms with van der Waals surface area (Å²) in [4.78, 5) is 42.0. The summed E-state index contributed by atoms with van der Waals surface area (Å²) < 4.78 is 17.3. The quantitative estimate of drug-likeness (QED) is 0.205. The van der Waals surface area contributed by atoms with Crippen molar-refractivity contribution in [1.29, 1.82) is 0 Å². The van der Waals surface area contributed by atoms with E-state index in [1.807, 2.05) is 84.0 Å². The maximum Gasteiger partial charge on any atom is 0.410 e. The maximum atomic E-state index is 14.3. The standard InChI is InChI=1S/C34H46ClNO6/c1-9-10-16-26-17-24-19-28(35)25(21-36(8)31(39)42-33(5,6)7)18-27(24)34(26,20-29(37)41-32(2,3)4)30(38)40-22-23-14-12-11-13-15-23/h11-15,18-19,26H,9-10,16-17,20-22H2,1-8H3/t26-,34-/m0/s1. The van der Waals surface area contributed by atoms with Crippen molar-refractivity contribution in [1.82, 2.24) is 4.90 Å². The fourth-order valence-corrected chi connectivity index (χ4v) is 5.77. The average molecular weight is 600 g/mol. The molecule has 3 rings (SSSR count). The van der Waals surface area contributed by atoms with E-state index >= 15 is 0 Å². The van der Waals surface area contributed by atoms with Crippen molar-refractivity contribution in [2.75, 3.05) is 7.05 Å². The number of benzene rings is 2. The molecule has 1 amide bonds. The van der Waals surface area contributed by atoms with Gasteiger partial charge in [-0.1, -0.05) is 67.8 Å². The Morgan fingerprint density at radius 3 is 2.24 bits per heavy atom. The molecule has 2 atom stereocenters. The summed E-state index contributed by atoms with van der Waals surface area (Å²) in [5.74, 6) is -1.10. The molecule has 2 aromatic carbocycles. The first-order chi connectivity index (χ1) is 19.6. The van der Waals surface area contributed by atoms with Crippen molar-refractivity contribution in [2.24, 2.45) is 5.92 Å². The highest BCUT2D eigenvalue weighted by Gasteiger charge is 2.55. The number of carbonyl (C=O) groups is 3. The molecule has 1 aliphatic rings. The van der Waals surface area contributed by atoms with Crippen molar-refractivity contribution in [3.8, 4) is 0 Å². The summed E-state index contributed by atoms with van der Waals surface area (Å²) in [6.45, 7) is 13.2. The maximum absolute atomic E-state index is 14.3. The number of rotatable bonds is 10. The number of esters is 2. The van der Waals surface area contributed by atoms with E-state index < -0.39 is 34.6 Å². The number of nitrogens with zero attached hydrogens (tertiary/aromatic N) is 1. The third-order valence-electron chi connectivity index (χ3n) is 7.36. The van der Waals surface area contributed by atoms with E-state index in [2.05, 4.69) is 6.92 Å². The van der Waals surface area contributed by atoms with Crippen molar-refractivity contribution >= 4 is 29.6 Å². The van der Waals surface area contributed by atoms with E-state index in [0.29, 0.717) is 22.6 Å². The van der Waals surface area contributed by atoms with Gasteiger partial charge >= 0.3 is 18.0 Å². The number of amides is 1. The summed E-state index contributed by atoms with van der Waals surface area (Å²) in [6.07, 6.45) is 2.52. The van der Waals surface area contributed by atoms with Crippen molar-refractivity contribution in [3.05, 3.63) is 69.7 Å².